The summed E-state index contributed by atoms with van der Waals surface area (Å²) in [5.41, 5.74) is 1.85. The summed E-state index contributed by atoms with van der Waals surface area (Å²) < 4.78 is 17.0. The van der Waals surface area contributed by atoms with Crippen molar-refractivity contribution in [1.82, 2.24) is 14.8 Å². The number of benzene rings is 1. The minimum absolute atomic E-state index is 0.0720. The number of rotatable bonds is 9. The Hall–Kier alpha value is -3.33. The van der Waals surface area contributed by atoms with Crippen LogP contribution >= 0.6 is 0 Å². The molecule has 0 radical (unpaired) electrons. The number of carbonyl (C=O) groups is 2. The van der Waals surface area contributed by atoms with Gasteiger partial charge < -0.3 is 28.9 Å². The summed E-state index contributed by atoms with van der Waals surface area (Å²) in [6.45, 7) is 6.09. The predicted molar refractivity (Wildman–Crippen MR) is 134 cm³/mol. The van der Waals surface area contributed by atoms with Gasteiger partial charge in [-0.1, -0.05) is 18.2 Å². The molecule has 4 rings (SSSR count). The number of para-hydroxylation sites is 1. The number of nitrogens with zero attached hydrogens (tertiary/aromatic N) is 4. The van der Waals surface area contributed by atoms with Crippen molar-refractivity contribution in [3.63, 3.8) is 0 Å². The van der Waals surface area contributed by atoms with E-state index in [1.165, 1.54) is 0 Å². The molecule has 1 aromatic heterocycles. The van der Waals surface area contributed by atoms with E-state index in [0.717, 1.165) is 36.0 Å². The second kappa shape index (κ2) is 11.4. The molecule has 2 aliphatic heterocycles. The van der Waals surface area contributed by atoms with Crippen LogP contribution < -0.4 is 9.64 Å². The van der Waals surface area contributed by atoms with Gasteiger partial charge in [0.1, 0.15) is 5.56 Å². The Balaban J connectivity index is 1.65. The number of carbonyl (C=O) groups excluding carboxylic acids is 2. The van der Waals surface area contributed by atoms with Crippen LogP contribution in [0.15, 0.2) is 36.1 Å². The van der Waals surface area contributed by atoms with Crippen LogP contribution in [0, 0.1) is 0 Å². The molecule has 0 saturated carbocycles. The van der Waals surface area contributed by atoms with Crippen LogP contribution in [0.5, 0.6) is 5.88 Å². The van der Waals surface area contributed by atoms with Crippen molar-refractivity contribution < 1.29 is 23.8 Å². The fourth-order valence-electron chi connectivity index (χ4n) is 4.40. The van der Waals surface area contributed by atoms with Gasteiger partial charge in [-0.25, -0.2) is 9.78 Å². The maximum Gasteiger partial charge on any atom is 0.345 e. The SMILES string of the molecule is CCOC(=O)c1c(OCCCN(C)C)nc2ccccc2c1N1CCN(C(=O)C2=CCCO2)CC1. The second-order valence-corrected chi connectivity index (χ2v) is 8.87. The summed E-state index contributed by atoms with van der Waals surface area (Å²) in [6, 6.07) is 7.74. The van der Waals surface area contributed by atoms with Gasteiger partial charge in [0.05, 0.1) is 31.0 Å². The Bertz CT molecular complexity index is 1090. The van der Waals surface area contributed by atoms with E-state index in [9.17, 15) is 9.59 Å². The fourth-order valence-corrected chi connectivity index (χ4v) is 4.40. The molecule has 1 fully saturated rings. The van der Waals surface area contributed by atoms with Crippen molar-refractivity contribution >= 4 is 28.5 Å². The quantitative estimate of drug-likeness (QED) is 0.399. The maximum atomic E-state index is 13.2. The molecule has 0 unspecified atom stereocenters. The van der Waals surface area contributed by atoms with Gasteiger partial charge in [0.15, 0.2) is 5.76 Å². The standard InChI is InChI=1S/C26H34N4O5/c1-4-33-26(32)22-23(29-13-15-30(16-14-29)25(31)21-11-7-17-34-21)19-9-5-6-10-20(19)27-24(22)35-18-8-12-28(2)3/h5-6,9-11H,4,7-8,12-18H2,1-3H3. The Kier molecular flexibility index (Phi) is 8.07. The molecule has 1 amide bonds. The van der Waals surface area contributed by atoms with E-state index >= 15 is 0 Å². The summed E-state index contributed by atoms with van der Waals surface area (Å²) in [6.07, 6.45) is 3.42. The zero-order valence-corrected chi connectivity index (χ0v) is 20.8. The minimum Gasteiger partial charge on any atom is -0.488 e. The molecular formula is C26H34N4O5. The lowest BCUT2D eigenvalue weighted by atomic mass is 10.1. The smallest absolute Gasteiger partial charge is 0.345 e. The number of piperazine rings is 1. The van der Waals surface area contributed by atoms with Crippen LogP contribution in [0.4, 0.5) is 5.69 Å². The van der Waals surface area contributed by atoms with E-state index in [0.29, 0.717) is 56.6 Å². The van der Waals surface area contributed by atoms with Crippen LogP contribution in [0.2, 0.25) is 0 Å². The van der Waals surface area contributed by atoms with Gasteiger partial charge in [-0.15, -0.1) is 0 Å². The molecule has 0 spiro atoms. The molecule has 9 nitrogen and oxygen atoms in total. The van der Waals surface area contributed by atoms with Crippen molar-refractivity contribution in [2.24, 2.45) is 0 Å². The van der Waals surface area contributed by atoms with Crippen molar-refractivity contribution in [2.45, 2.75) is 19.8 Å². The molecule has 3 heterocycles. The highest BCUT2D eigenvalue weighted by atomic mass is 16.5. The summed E-state index contributed by atoms with van der Waals surface area (Å²) in [4.78, 5) is 36.7. The molecule has 0 atom stereocenters. The summed E-state index contributed by atoms with van der Waals surface area (Å²) in [5, 5.41) is 0.859. The molecule has 0 bridgehead atoms. The topological polar surface area (TPSA) is 84.4 Å². The van der Waals surface area contributed by atoms with Gasteiger partial charge in [-0.05, 0) is 39.6 Å². The van der Waals surface area contributed by atoms with Gasteiger partial charge in [0, 0.05) is 44.5 Å². The van der Waals surface area contributed by atoms with Gasteiger partial charge in [0.25, 0.3) is 5.91 Å². The van der Waals surface area contributed by atoms with E-state index in [1.54, 1.807) is 11.8 Å². The molecule has 188 valence electrons. The van der Waals surface area contributed by atoms with E-state index in [2.05, 4.69) is 9.80 Å². The normalized spacial score (nSPS) is 15.8. The Morgan fingerprint density at radius 1 is 1.14 bits per heavy atom. The fraction of sp³-hybridized carbons (Fsp3) is 0.500. The summed E-state index contributed by atoms with van der Waals surface area (Å²) >= 11 is 0. The zero-order valence-electron chi connectivity index (χ0n) is 20.8. The summed E-state index contributed by atoms with van der Waals surface area (Å²) in [5.74, 6) is 0.205. The lowest BCUT2D eigenvalue weighted by Crippen LogP contribution is -2.49. The average Bonchev–Trinajstić information content (AvgIpc) is 3.40. The number of fused-ring (bicyclic) bond motifs is 1. The monoisotopic (exact) mass is 482 g/mol. The third-order valence-corrected chi connectivity index (χ3v) is 6.10. The van der Waals surface area contributed by atoms with E-state index in [-0.39, 0.29) is 12.5 Å². The second-order valence-electron chi connectivity index (χ2n) is 8.87. The number of hydrogen-bond donors (Lipinski definition) is 0. The van der Waals surface area contributed by atoms with Crippen LogP contribution in [0.25, 0.3) is 10.9 Å². The van der Waals surface area contributed by atoms with Gasteiger partial charge in [-0.3, -0.25) is 4.79 Å². The predicted octanol–water partition coefficient (Wildman–Crippen LogP) is 2.69. The molecular weight excluding hydrogens is 448 g/mol. The number of esters is 1. The first-order valence-corrected chi connectivity index (χ1v) is 12.2. The van der Waals surface area contributed by atoms with E-state index in [4.69, 9.17) is 19.2 Å². The molecule has 2 aromatic rings. The first-order valence-electron chi connectivity index (χ1n) is 12.2. The van der Waals surface area contributed by atoms with Gasteiger partial charge >= 0.3 is 5.97 Å². The zero-order chi connectivity index (χ0) is 24.8. The Morgan fingerprint density at radius 3 is 2.60 bits per heavy atom. The molecule has 35 heavy (non-hydrogen) atoms. The maximum absolute atomic E-state index is 13.2. The highest BCUT2D eigenvalue weighted by Crippen LogP contribution is 2.37. The van der Waals surface area contributed by atoms with Crippen LogP contribution in [-0.2, 0) is 14.3 Å². The first kappa shape index (κ1) is 24.8. The van der Waals surface area contributed by atoms with Crippen LogP contribution in [0.3, 0.4) is 0 Å². The number of amides is 1. The number of hydrogen-bond acceptors (Lipinski definition) is 8. The molecule has 1 aromatic carbocycles. The molecule has 2 aliphatic rings. The first-order chi connectivity index (χ1) is 17.0. The minimum atomic E-state index is -0.452. The average molecular weight is 483 g/mol. The largest absolute Gasteiger partial charge is 0.488 e. The summed E-state index contributed by atoms with van der Waals surface area (Å²) in [7, 11) is 4.02. The molecule has 9 heteroatoms. The molecule has 0 aliphatic carbocycles. The van der Waals surface area contributed by atoms with E-state index < -0.39 is 5.97 Å². The Morgan fingerprint density at radius 2 is 1.91 bits per heavy atom. The lowest BCUT2D eigenvalue weighted by Gasteiger charge is -2.37. The van der Waals surface area contributed by atoms with Crippen molar-refractivity contribution in [1.29, 1.82) is 0 Å². The highest BCUT2D eigenvalue weighted by molar-refractivity contribution is 6.07. The van der Waals surface area contributed by atoms with Gasteiger partial charge in [-0.2, -0.15) is 0 Å². The lowest BCUT2D eigenvalue weighted by molar-refractivity contribution is -0.130. The molecule has 1 saturated heterocycles. The van der Waals surface area contributed by atoms with E-state index in [1.807, 2.05) is 44.4 Å². The highest BCUT2D eigenvalue weighted by Gasteiger charge is 2.31. The molecule has 0 N–H and O–H groups in total. The van der Waals surface area contributed by atoms with Crippen molar-refractivity contribution in [3.8, 4) is 5.88 Å². The van der Waals surface area contributed by atoms with Crippen molar-refractivity contribution in [2.75, 3.05) is 71.5 Å². The van der Waals surface area contributed by atoms with Crippen LogP contribution in [0.1, 0.15) is 30.1 Å². The van der Waals surface area contributed by atoms with Crippen molar-refractivity contribution in [3.05, 3.63) is 41.7 Å². The number of aromatic nitrogens is 1. The Labute approximate surface area is 206 Å². The van der Waals surface area contributed by atoms with Gasteiger partial charge in [0.2, 0.25) is 5.88 Å². The van der Waals surface area contributed by atoms with Crippen LogP contribution in [-0.4, -0.2) is 93.3 Å². The number of anilines is 1. The third-order valence-electron chi connectivity index (χ3n) is 6.10. The number of ether oxygens (including phenoxy) is 3. The third kappa shape index (κ3) is 5.67. The number of pyridine rings is 1.